The topological polar surface area (TPSA) is 90.4 Å². The van der Waals surface area contributed by atoms with E-state index in [1.54, 1.807) is 31.4 Å². The molecule has 9 heteroatoms. The molecule has 3 aromatic rings. The summed E-state index contributed by atoms with van der Waals surface area (Å²) in [4.78, 5) is 12.1. The maximum Gasteiger partial charge on any atom is 0.259 e. The highest BCUT2D eigenvalue weighted by molar-refractivity contribution is 6.30. The van der Waals surface area contributed by atoms with Crippen molar-refractivity contribution in [2.24, 2.45) is 5.10 Å². The van der Waals surface area contributed by atoms with Gasteiger partial charge in [0.05, 0.1) is 19.9 Å². The van der Waals surface area contributed by atoms with Gasteiger partial charge in [0.15, 0.2) is 23.0 Å². The fraction of sp³-hybridized carbons (Fsp3) is 0.167. The van der Waals surface area contributed by atoms with Crippen molar-refractivity contribution in [2.75, 3.05) is 25.8 Å². The van der Waals surface area contributed by atoms with Crippen molar-refractivity contribution in [3.8, 4) is 23.0 Å². The number of benzene rings is 3. The number of nitrogens with zero attached hydrogens (tertiary/aromatic N) is 1. The smallest absolute Gasteiger partial charge is 0.259 e. The Morgan fingerprint density at radius 3 is 2.70 bits per heavy atom. The Morgan fingerprint density at radius 2 is 1.88 bits per heavy atom. The van der Waals surface area contributed by atoms with Gasteiger partial charge in [0.1, 0.15) is 6.61 Å². The van der Waals surface area contributed by atoms with E-state index in [2.05, 4.69) is 15.8 Å². The summed E-state index contributed by atoms with van der Waals surface area (Å²) in [5.41, 5.74) is 4.97. The SMILES string of the molecule is COc1cc(/C=N\NC(=O)CNc2ccc3c(c2)OCO3)ccc1OCc1ccc(Cl)cc1. The molecule has 0 radical (unpaired) electrons. The summed E-state index contributed by atoms with van der Waals surface area (Å²) in [7, 11) is 1.56. The molecule has 170 valence electrons. The van der Waals surface area contributed by atoms with E-state index >= 15 is 0 Å². The van der Waals surface area contributed by atoms with Gasteiger partial charge in [-0.05, 0) is 53.6 Å². The summed E-state index contributed by atoms with van der Waals surface area (Å²) in [6.45, 7) is 0.638. The first kappa shape index (κ1) is 22.3. The summed E-state index contributed by atoms with van der Waals surface area (Å²) < 4.78 is 21.8. The van der Waals surface area contributed by atoms with Crippen molar-refractivity contribution in [3.63, 3.8) is 0 Å². The lowest BCUT2D eigenvalue weighted by molar-refractivity contribution is -0.119. The zero-order valence-corrected chi connectivity index (χ0v) is 18.6. The number of amides is 1. The van der Waals surface area contributed by atoms with Gasteiger partial charge in [-0.3, -0.25) is 4.79 Å². The standard InChI is InChI=1S/C24H22ClN3O5/c1-30-22-10-17(4-8-20(22)31-14-16-2-5-18(25)6-3-16)12-27-28-24(29)13-26-19-7-9-21-23(11-19)33-15-32-21/h2-12,26H,13-15H2,1H3,(H,28,29)/b27-12-. The molecule has 1 heterocycles. The van der Waals surface area contributed by atoms with Gasteiger partial charge in [-0.25, -0.2) is 5.43 Å². The summed E-state index contributed by atoms with van der Waals surface area (Å²) in [6.07, 6.45) is 1.53. The Bertz CT molecular complexity index is 1150. The molecule has 1 aliphatic rings. The fourth-order valence-electron chi connectivity index (χ4n) is 3.03. The molecule has 4 rings (SSSR count). The summed E-state index contributed by atoms with van der Waals surface area (Å²) in [5.74, 6) is 2.20. The van der Waals surface area contributed by atoms with Crippen LogP contribution in [0, 0.1) is 0 Å². The molecule has 8 nitrogen and oxygen atoms in total. The van der Waals surface area contributed by atoms with E-state index in [0.29, 0.717) is 34.6 Å². The van der Waals surface area contributed by atoms with Crippen LogP contribution in [0.1, 0.15) is 11.1 Å². The third-order valence-electron chi connectivity index (χ3n) is 4.72. The van der Waals surface area contributed by atoms with Gasteiger partial charge in [0.2, 0.25) is 6.79 Å². The maximum absolute atomic E-state index is 12.1. The maximum atomic E-state index is 12.1. The molecule has 0 unspecified atom stereocenters. The Labute approximate surface area is 196 Å². The minimum absolute atomic E-state index is 0.0534. The number of fused-ring (bicyclic) bond motifs is 1. The lowest BCUT2D eigenvalue weighted by Crippen LogP contribution is -2.25. The molecule has 0 bridgehead atoms. The van der Waals surface area contributed by atoms with Crippen LogP contribution in [0.3, 0.4) is 0 Å². The number of methoxy groups -OCH3 is 1. The summed E-state index contributed by atoms with van der Waals surface area (Å²) in [6, 6.07) is 18.2. The van der Waals surface area contributed by atoms with Crippen molar-refractivity contribution < 1.29 is 23.7 Å². The van der Waals surface area contributed by atoms with Crippen molar-refractivity contribution >= 4 is 29.4 Å². The molecule has 33 heavy (non-hydrogen) atoms. The quantitative estimate of drug-likeness (QED) is 0.362. The molecule has 0 aliphatic carbocycles. The van der Waals surface area contributed by atoms with Crippen LogP contribution in [-0.4, -0.2) is 32.6 Å². The molecule has 1 amide bonds. The average molecular weight is 468 g/mol. The Morgan fingerprint density at radius 1 is 1.06 bits per heavy atom. The highest BCUT2D eigenvalue weighted by atomic mass is 35.5. The van der Waals surface area contributed by atoms with Crippen LogP contribution >= 0.6 is 11.6 Å². The van der Waals surface area contributed by atoms with E-state index in [0.717, 1.165) is 16.8 Å². The Hall–Kier alpha value is -3.91. The number of carbonyl (C=O) groups is 1. The van der Waals surface area contributed by atoms with Gasteiger partial charge in [-0.15, -0.1) is 0 Å². The van der Waals surface area contributed by atoms with Crippen LogP contribution in [0.4, 0.5) is 5.69 Å². The van der Waals surface area contributed by atoms with Gasteiger partial charge < -0.3 is 24.3 Å². The highest BCUT2D eigenvalue weighted by Gasteiger charge is 2.13. The van der Waals surface area contributed by atoms with Crippen LogP contribution in [0.2, 0.25) is 5.02 Å². The first-order valence-electron chi connectivity index (χ1n) is 10.1. The first-order chi connectivity index (χ1) is 16.1. The van der Waals surface area contributed by atoms with Crippen LogP contribution in [-0.2, 0) is 11.4 Å². The first-order valence-corrected chi connectivity index (χ1v) is 10.5. The molecule has 0 atom stereocenters. The van der Waals surface area contributed by atoms with Crippen molar-refractivity contribution in [1.82, 2.24) is 5.43 Å². The van der Waals surface area contributed by atoms with Crippen molar-refractivity contribution in [2.45, 2.75) is 6.61 Å². The van der Waals surface area contributed by atoms with Crippen molar-refractivity contribution in [1.29, 1.82) is 0 Å². The zero-order chi connectivity index (χ0) is 23.0. The number of rotatable bonds is 9. The van der Waals surface area contributed by atoms with E-state index in [-0.39, 0.29) is 19.2 Å². The summed E-state index contributed by atoms with van der Waals surface area (Å²) >= 11 is 5.91. The molecule has 0 saturated heterocycles. The molecular weight excluding hydrogens is 446 g/mol. The molecule has 3 aromatic carbocycles. The number of hydrogen-bond acceptors (Lipinski definition) is 7. The number of carbonyl (C=O) groups excluding carboxylic acids is 1. The second-order valence-electron chi connectivity index (χ2n) is 7.04. The Kier molecular flexibility index (Phi) is 7.16. The number of hydrogen-bond donors (Lipinski definition) is 2. The minimum Gasteiger partial charge on any atom is -0.493 e. The zero-order valence-electron chi connectivity index (χ0n) is 17.8. The molecule has 1 aliphatic heterocycles. The fourth-order valence-corrected chi connectivity index (χ4v) is 3.16. The third-order valence-corrected chi connectivity index (χ3v) is 4.98. The second kappa shape index (κ2) is 10.6. The lowest BCUT2D eigenvalue weighted by atomic mass is 10.2. The number of hydrazone groups is 1. The van der Waals surface area contributed by atoms with Crippen LogP contribution < -0.4 is 29.7 Å². The monoisotopic (exact) mass is 467 g/mol. The van der Waals surface area contributed by atoms with Crippen LogP contribution in [0.15, 0.2) is 65.8 Å². The number of ether oxygens (including phenoxy) is 4. The van der Waals surface area contributed by atoms with Gasteiger partial charge >= 0.3 is 0 Å². The van der Waals surface area contributed by atoms with E-state index < -0.39 is 0 Å². The van der Waals surface area contributed by atoms with Gasteiger partial charge in [-0.2, -0.15) is 5.10 Å². The van der Waals surface area contributed by atoms with E-state index in [4.69, 9.17) is 30.5 Å². The second-order valence-corrected chi connectivity index (χ2v) is 7.48. The molecule has 0 aromatic heterocycles. The molecule has 0 fully saturated rings. The molecule has 0 saturated carbocycles. The highest BCUT2D eigenvalue weighted by Crippen LogP contribution is 2.34. The number of anilines is 1. The van der Waals surface area contributed by atoms with E-state index in [1.807, 2.05) is 36.4 Å². The van der Waals surface area contributed by atoms with Gasteiger partial charge in [0.25, 0.3) is 5.91 Å². The van der Waals surface area contributed by atoms with E-state index in [1.165, 1.54) is 6.21 Å². The van der Waals surface area contributed by atoms with Crippen LogP contribution in [0.5, 0.6) is 23.0 Å². The predicted molar refractivity (Wildman–Crippen MR) is 126 cm³/mol. The molecular formula is C24H22ClN3O5. The normalized spacial score (nSPS) is 11.9. The van der Waals surface area contributed by atoms with Crippen LogP contribution in [0.25, 0.3) is 0 Å². The largest absolute Gasteiger partial charge is 0.493 e. The number of nitrogens with one attached hydrogen (secondary N) is 2. The Balaban J connectivity index is 1.27. The van der Waals surface area contributed by atoms with Crippen molar-refractivity contribution in [3.05, 3.63) is 76.8 Å². The molecule has 2 N–H and O–H groups in total. The van der Waals surface area contributed by atoms with Gasteiger partial charge in [-0.1, -0.05) is 23.7 Å². The predicted octanol–water partition coefficient (Wildman–Crippen LogP) is 4.22. The van der Waals surface area contributed by atoms with Gasteiger partial charge in [0, 0.05) is 16.8 Å². The third kappa shape index (κ3) is 6.08. The lowest BCUT2D eigenvalue weighted by Gasteiger charge is -2.11. The summed E-state index contributed by atoms with van der Waals surface area (Å²) in [5, 5.41) is 7.69. The molecule has 0 spiro atoms. The minimum atomic E-state index is -0.293. The average Bonchev–Trinajstić information content (AvgIpc) is 3.31. The van der Waals surface area contributed by atoms with E-state index in [9.17, 15) is 4.79 Å². The number of halogens is 1.